The number of carbonyl (C=O) groups is 1. The number of nitrogens with one attached hydrogen (secondary N) is 1. The topological polar surface area (TPSA) is 32.3 Å². The summed E-state index contributed by atoms with van der Waals surface area (Å²) >= 11 is 12.2. The Hall–Kier alpha value is -1.55. The number of aryl methyl sites for hydroxylation is 2. The highest BCUT2D eigenvalue weighted by Gasteiger charge is 2.27. The molecular weight excluding hydrogens is 427 g/mol. The van der Waals surface area contributed by atoms with Crippen molar-refractivity contribution >= 4 is 29.1 Å². The van der Waals surface area contributed by atoms with Crippen molar-refractivity contribution in [2.24, 2.45) is 5.92 Å². The van der Waals surface area contributed by atoms with Crippen LogP contribution in [0, 0.1) is 5.92 Å². The molecule has 1 aliphatic heterocycles. The molecule has 0 saturated carbocycles. The fourth-order valence-corrected chi connectivity index (χ4v) is 5.25. The lowest BCUT2D eigenvalue weighted by Gasteiger charge is -2.32. The number of amides is 1. The molecule has 2 aromatic carbocycles. The minimum atomic E-state index is 0.0942. The molecule has 166 valence electrons. The molecule has 1 amide bonds. The molecule has 1 heterocycles. The van der Waals surface area contributed by atoms with Crippen LogP contribution in [0.5, 0.6) is 0 Å². The van der Waals surface area contributed by atoms with Crippen LogP contribution in [0.25, 0.3) is 0 Å². The summed E-state index contributed by atoms with van der Waals surface area (Å²) in [6.07, 6.45) is 7.65. The van der Waals surface area contributed by atoms with Gasteiger partial charge in [0.15, 0.2) is 0 Å². The van der Waals surface area contributed by atoms with Gasteiger partial charge in [-0.15, -0.1) is 0 Å². The maximum absolute atomic E-state index is 13.0. The molecule has 4 rings (SSSR count). The summed E-state index contributed by atoms with van der Waals surface area (Å²) in [6, 6.07) is 12.8. The number of hydrogen-bond acceptors (Lipinski definition) is 2. The third-order valence-electron chi connectivity index (χ3n) is 6.85. The molecule has 1 aliphatic carbocycles. The molecule has 5 heteroatoms. The van der Waals surface area contributed by atoms with Crippen LogP contribution in [0.15, 0.2) is 36.4 Å². The lowest BCUT2D eigenvalue weighted by Crippen LogP contribution is -2.41. The van der Waals surface area contributed by atoms with E-state index in [1.54, 1.807) is 0 Å². The summed E-state index contributed by atoms with van der Waals surface area (Å²) in [5, 5.41) is 4.53. The second kappa shape index (κ2) is 10.4. The third kappa shape index (κ3) is 5.63. The molecule has 1 atom stereocenters. The first-order chi connectivity index (χ1) is 15.0. The number of rotatable bonds is 6. The minimum absolute atomic E-state index is 0.0942. The standard InChI is InChI=1S/C26H32Cl2N2O/c1-2-25(22-9-8-19-5-3-4-6-21(19)16-22)29-26(31)20-11-13-30(14-12-20)17-18-7-10-23(27)24(28)15-18/h7-10,15-16,20,25H,2-6,11-14,17H2,1H3,(H,29,31). The number of likely N-dealkylation sites (tertiary alicyclic amines) is 1. The Morgan fingerprint density at radius 2 is 1.77 bits per heavy atom. The van der Waals surface area contributed by atoms with Gasteiger partial charge in [-0.1, -0.05) is 54.4 Å². The van der Waals surface area contributed by atoms with E-state index < -0.39 is 0 Å². The van der Waals surface area contributed by atoms with Crippen LogP contribution in [0.4, 0.5) is 0 Å². The number of halogens is 2. The quantitative estimate of drug-likeness (QED) is 0.546. The first-order valence-corrected chi connectivity index (χ1v) is 12.4. The van der Waals surface area contributed by atoms with E-state index in [1.165, 1.54) is 42.4 Å². The number of nitrogens with zero attached hydrogens (tertiary/aromatic N) is 1. The van der Waals surface area contributed by atoms with Crippen molar-refractivity contribution in [2.45, 2.75) is 64.5 Å². The van der Waals surface area contributed by atoms with E-state index in [9.17, 15) is 4.79 Å². The molecule has 1 saturated heterocycles. The van der Waals surface area contributed by atoms with Crippen molar-refractivity contribution in [1.29, 1.82) is 0 Å². The molecule has 0 bridgehead atoms. The third-order valence-corrected chi connectivity index (χ3v) is 7.59. The normalized spacial score (nSPS) is 18.4. The summed E-state index contributed by atoms with van der Waals surface area (Å²) in [6.45, 7) is 4.85. The van der Waals surface area contributed by atoms with E-state index in [-0.39, 0.29) is 17.9 Å². The summed E-state index contributed by atoms with van der Waals surface area (Å²) in [7, 11) is 0. The Kier molecular flexibility index (Phi) is 7.58. The van der Waals surface area contributed by atoms with Crippen LogP contribution in [0.2, 0.25) is 10.0 Å². The molecular formula is C26H32Cl2N2O. The van der Waals surface area contributed by atoms with Crippen molar-refractivity contribution in [1.82, 2.24) is 10.2 Å². The van der Waals surface area contributed by atoms with Gasteiger partial charge in [0, 0.05) is 12.5 Å². The Labute approximate surface area is 196 Å². The van der Waals surface area contributed by atoms with Crippen LogP contribution < -0.4 is 5.32 Å². The Bertz CT molecular complexity index is 922. The highest BCUT2D eigenvalue weighted by molar-refractivity contribution is 6.42. The van der Waals surface area contributed by atoms with Crippen molar-refractivity contribution in [3.63, 3.8) is 0 Å². The number of hydrogen-bond donors (Lipinski definition) is 1. The van der Waals surface area contributed by atoms with E-state index in [1.807, 2.05) is 18.2 Å². The minimum Gasteiger partial charge on any atom is -0.349 e. The summed E-state index contributed by atoms with van der Waals surface area (Å²) < 4.78 is 0. The van der Waals surface area contributed by atoms with Crippen LogP contribution in [0.1, 0.15) is 67.3 Å². The average Bonchev–Trinajstić information content (AvgIpc) is 2.80. The van der Waals surface area contributed by atoms with Crippen LogP contribution in [-0.4, -0.2) is 23.9 Å². The molecule has 0 spiro atoms. The van der Waals surface area contributed by atoms with Gasteiger partial charge >= 0.3 is 0 Å². The molecule has 2 aliphatic rings. The zero-order valence-corrected chi connectivity index (χ0v) is 19.8. The predicted octanol–water partition coefficient (Wildman–Crippen LogP) is 6.35. The maximum Gasteiger partial charge on any atom is 0.223 e. The first-order valence-electron chi connectivity index (χ1n) is 11.6. The molecule has 1 fully saturated rings. The van der Waals surface area contributed by atoms with E-state index in [4.69, 9.17) is 23.2 Å². The summed E-state index contributed by atoms with van der Waals surface area (Å²) in [5.41, 5.74) is 5.39. The second-order valence-electron chi connectivity index (χ2n) is 9.00. The van der Waals surface area contributed by atoms with Crippen LogP contribution in [-0.2, 0) is 24.2 Å². The second-order valence-corrected chi connectivity index (χ2v) is 9.82. The van der Waals surface area contributed by atoms with Gasteiger partial charge < -0.3 is 5.32 Å². The SMILES string of the molecule is CCC(NC(=O)C1CCN(Cc2ccc(Cl)c(Cl)c2)CC1)c1ccc2c(c1)CCCC2. The Morgan fingerprint density at radius 1 is 1.03 bits per heavy atom. The van der Waals surface area contributed by atoms with Crippen molar-refractivity contribution in [2.75, 3.05) is 13.1 Å². The monoisotopic (exact) mass is 458 g/mol. The van der Waals surface area contributed by atoms with Crippen molar-refractivity contribution in [3.8, 4) is 0 Å². The van der Waals surface area contributed by atoms with Crippen LogP contribution in [0.3, 0.4) is 0 Å². The van der Waals surface area contributed by atoms with Gasteiger partial charge in [-0.25, -0.2) is 0 Å². The summed E-state index contributed by atoms with van der Waals surface area (Å²) in [4.78, 5) is 15.4. The van der Waals surface area contributed by atoms with Crippen molar-refractivity contribution < 1.29 is 4.79 Å². The van der Waals surface area contributed by atoms with E-state index in [0.29, 0.717) is 10.0 Å². The Balaban J connectivity index is 1.31. The van der Waals surface area contributed by atoms with Gasteiger partial charge in [0.25, 0.3) is 0 Å². The Morgan fingerprint density at radius 3 is 2.48 bits per heavy atom. The van der Waals surface area contributed by atoms with E-state index >= 15 is 0 Å². The number of carbonyl (C=O) groups excluding carboxylic acids is 1. The van der Waals surface area contributed by atoms with E-state index in [0.717, 1.165) is 44.5 Å². The maximum atomic E-state index is 13.0. The highest BCUT2D eigenvalue weighted by atomic mass is 35.5. The lowest BCUT2D eigenvalue weighted by molar-refractivity contribution is -0.127. The van der Waals surface area contributed by atoms with Gasteiger partial charge in [-0.2, -0.15) is 0 Å². The molecule has 1 N–H and O–H groups in total. The van der Waals surface area contributed by atoms with Gasteiger partial charge in [0.2, 0.25) is 5.91 Å². The zero-order chi connectivity index (χ0) is 21.8. The van der Waals surface area contributed by atoms with Gasteiger partial charge in [-0.05, 0) is 92.4 Å². The molecule has 1 unspecified atom stereocenters. The smallest absolute Gasteiger partial charge is 0.223 e. The molecule has 0 aromatic heterocycles. The number of fused-ring (bicyclic) bond motifs is 1. The molecule has 2 aromatic rings. The lowest BCUT2D eigenvalue weighted by atomic mass is 9.88. The largest absolute Gasteiger partial charge is 0.349 e. The van der Waals surface area contributed by atoms with Crippen LogP contribution >= 0.6 is 23.2 Å². The molecule has 0 radical (unpaired) electrons. The van der Waals surface area contributed by atoms with Gasteiger partial charge in [0.05, 0.1) is 16.1 Å². The fourth-order valence-electron chi connectivity index (χ4n) is 4.93. The summed E-state index contributed by atoms with van der Waals surface area (Å²) in [5.74, 6) is 0.301. The fraction of sp³-hybridized carbons (Fsp3) is 0.500. The first kappa shape index (κ1) is 22.6. The van der Waals surface area contributed by atoms with Gasteiger partial charge in [0.1, 0.15) is 0 Å². The van der Waals surface area contributed by atoms with Crippen molar-refractivity contribution in [3.05, 3.63) is 68.7 Å². The predicted molar refractivity (Wildman–Crippen MR) is 129 cm³/mol. The van der Waals surface area contributed by atoms with Gasteiger partial charge in [-0.3, -0.25) is 9.69 Å². The number of benzene rings is 2. The zero-order valence-electron chi connectivity index (χ0n) is 18.3. The van der Waals surface area contributed by atoms with E-state index in [2.05, 4.69) is 35.3 Å². The average molecular weight is 459 g/mol. The number of piperidine rings is 1. The molecule has 3 nitrogen and oxygen atoms in total. The molecule has 31 heavy (non-hydrogen) atoms. The highest BCUT2D eigenvalue weighted by Crippen LogP contribution is 2.28.